The highest BCUT2D eigenvalue weighted by Gasteiger charge is 2.28. The van der Waals surface area contributed by atoms with Crippen molar-refractivity contribution in [1.29, 1.82) is 0 Å². The van der Waals surface area contributed by atoms with Crippen molar-refractivity contribution in [1.82, 2.24) is 0 Å². The van der Waals surface area contributed by atoms with E-state index in [9.17, 15) is 4.79 Å². The third kappa shape index (κ3) is 2.63. The van der Waals surface area contributed by atoms with Gasteiger partial charge in [0.05, 0.1) is 4.75 Å². The molecule has 0 aliphatic heterocycles. The van der Waals surface area contributed by atoms with Crippen LogP contribution in [0.5, 0.6) is 0 Å². The summed E-state index contributed by atoms with van der Waals surface area (Å²) in [6.45, 7) is 7.95. The highest BCUT2D eigenvalue weighted by atomic mass is 32.2. The van der Waals surface area contributed by atoms with Crippen molar-refractivity contribution in [2.45, 2.75) is 32.4 Å². The molecular formula is C13H18OS. The Morgan fingerprint density at radius 2 is 1.87 bits per heavy atom. The molecule has 0 saturated heterocycles. The Bertz CT molecular complexity index is 380. The standard InChI is InChI=1S/C13H18OS/c1-9-6-7-10(2)11(8-9)12(14)13(3,4)15-5/h6-8H,1-5H3. The predicted molar refractivity (Wildman–Crippen MR) is 67.8 cm³/mol. The molecule has 0 spiro atoms. The highest BCUT2D eigenvalue weighted by molar-refractivity contribution is 8.00. The van der Waals surface area contributed by atoms with E-state index in [4.69, 9.17) is 0 Å². The first-order valence-corrected chi connectivity index (χ1v) is 6.28. The lowest BCUT2D eigenvalue weighted by Gasteiger charge is -2.21. The van der Waals surface area contributed by atoms with Crippen LogP contribution in [0.2, 0.25) is 0 Å². The molecule has 0 N–H and O–H groups in total. The van der Waals surface area contributed by atoms with E-state index in [0.29, 0.717) is 0 Å². The fraction of sp³-hybridized carbons (Fsp3) is 0.462. The number of carbonyl (C=O) groups is 1. The van der Waals surface area contributed by atoms with Gasteiger partial charge in [-0.15, -0.1) is 0 Å². The molecule has 0 unspecified atom stereocenters. The third-order valence-corrected chi connectivity index (χ3v) is 3.90. The summed E-state index contributed by atoms with van der Waals surface area (Å²) in [6, 6.07) is 6.03. The summed E-state index contributed by atoms with van der Waals surface area (Å²) in [4.78, 5) is 12.2. The minimum absolute atomic E-state index is 0.219. The van der Waals surface area contributed by atoms with Crippen LogP contribution in [0.4, 0.5) is 0 Å². The van der Waals surface area contributed by atoms with Gasteiger partial charge in [0.25, 0.3) is 0 Å². The van der Waals surface area contributed by atoms with Gasteiger partial charge in [-0.1, -0.05) is 17.7 Å². The van der Waals surface area contributed by atoms with E-state index in [1.807, 2.05) is 52.1 Å². The molecular weight excluding hydrogens is 204 g/mol. The van der Waals surface area contributed by atoms with Crippen LogP contribution in [-0.2, 0) is 0 Å². The van der Waals surface area contributed by atoms with Crippen molar-refractivity contribution in [3.8, 4) is 0 Å². The van der Waals surface area contributed by atoms with Crippen molar-refractivity contribution in [2.24, 2.45) is 0 Å². The van der Waals surface area contributed by atoms with Crippen molar-refractivity contribution >= 4 is 17.5 Å². The van der Waals surface area contributed by atoms with Gasteiger partial charge in [0, 0.05) is 5.56 Å². The molecule has 0 aliphatic carbocycles. The molecule has 82 valence electrons. The first kappa shape index (κ1) is 12.3. The van der Waals surface area contributed by atoms with Crippen molar-refractivity contribution in [2.75, 3.05) is 6.26 Å². The van der Waals surface area contributed by atoms with Crippen LogP contribution in [-0.4, -0.2) is 16.8 Å². The molecule has 1 rings (SSSR count). The Morgan fingerprint density at radius 1 is 1.27 bits per heavy atom. The smallest absolute Gasteiger partial charge is 0.178 e. The van der Waals surface area contributed by atoms with Crippen LogP contribution in [0.3, 0.4) is 0 Å². The topological polar surface area (TPSA) is 17.1 Å². The minimum atomic E-state index is -0.335. The lowest BCUT2D eigenvalue weighted by molar-refractivity contribution is 0.0957. The maximum atomic E-state index is 12.2. The van der Waals surface area contributed by atoms with Crippen LogP contribution in [0.25, 0.3) is 0 Å². The molecule has 1 aromatic rings. The zero-order valence-corrected chi connectivity index (χ0v) is 10.9. The molecule has 2 heteroatoms. The fourth-order valence-corrected chi connectivity index (χ4v) is 1.69. The number of thioether (sulfide) groups is 1. The van der Waals surface area contributed by atoms with Gasteiger partial charge in [0.15, 0.2) is 5.78 Å². The maximum Gasteiger partial charge on any atom is 0.178 e. The lowest BCUT2D eigenvalue weighted by Crippen LogP contribution is -2.28. The molecule has 1 aromatic carbocycles. The summed E-state index contributed by atoms with van der Waals surface area (Å²) in [5.74, 6) is 0.219. The van der Waals surface area contributed by atoms with Crippen LogP contribution >= 0.6 is 11.8 Å². The molecule has 0 amide bonds. The maximum absolute atomic E-state index is 12.2. The van der Waals surface area contributed by atoms with E-state index in [2.05, 4.69) is 0 Å². The van der Waals surface area contributed by atoms with Gasteiger partial charge in [-0.2, -0.15) is 11.8 Å². The Hall–Kier alpha value is -0.760. The number of carbonyl (C=O) groups excluding carboxylic acids is 1. The van der Waals surface area contributed by atoms with Gasteiger partial charge >= 0.3 is 0 Å². The molecule has 0 atom stereocenters. The van der Waals surface area contributed by atoms with Gasteiger partial charge in [-0.25, -0.2) is 0 Å². The Kier molecular flexibility index (Phi) is 3.61. The van der Waals surface area contributed by atoms with Gasteiger partial charge in [0.2, 0.25) is 0 Å². The number of Topliss-reactive ketones (excluding diaryl/α,β-unsaturated/α-hetero) is 1. The molecule has 0 heterocycles. The Morgan fingerprint density at radius 3 is 2.40 bits per heavy atom. The summed E-state index contributed by atoms with van der Waals surface area (Å²) >= 11 is 1.60. The summed E-state index contributed by atoms with van der Waals surface area (Å²) in [6.07, 6.45) is 1.98. The zero-order valence-electron chi connectivity index (χ0n) is 10.0. The number of ketones is 1. The van der Waals surface area contributed by atoms with E-state index in [1.165, 1.54) is 0 Å². The molecule has 15 heavy (non-hydrogen) atoms. The zero-order chi connectivity index (χ0) is 11.6. The SMILES string of the molecule is CSC(C)(C)C(=O)c1cc(C)ccc1C. The highest BCUT2D eigenvalue weighted by Crippen LogP contribution is 2.27. The number of benzene rings is 1. The fourth-order valence-electron chi connectivity index (χ4n) is 1.40. The number of hydrogen-bond donors (Lipinski definition) is 0. The Balaban J connectivity index is 3.17. The molecule has 0 saturated carbocycles. The van der Waals surface area contributed by atoms with Crippen LogP contribution in [0.1, 0.15) is 35.3 Å². The summed E-state index contributed by atoms with van der Waals surface area (Å²) in [7, 11) is 0. The second-order valence-electron chi connectivity index (χ2n) is 4.36. The quantitative estimate of drug-likeness (QED) is 0.726. The monoisotopic (exact) mass is 222 g/mol. The van der Waals surface area contributed by atoms with Gasteiger partial charge < -0.3 is 0 Å². The number of aryl methyl sites for hydroxylation is 2. The second-order valence-corrected chi connectivity index (χ2v) is 5.79. The second kappa shape index (κ2) is 4.40. The third-order valence-electron chi connectivity index (χ3n) is 2.69. The molecule has 0 radical (unpaired) electrons. The van der Waals surface area contributed by atoms with Crippen LogP contribution in [0, 0.1) is 13.8 Å². The van der Waals surface area contributed by atoms with Gasteiger partial charge in [-0.05, 0) is 45.6 Å². The Labute approximate surface area is 96.3 Å². The predicted octanol–water partition coefficient (Wildman–Crippen LogP) is 3.63. The largest absolute Gasteiger partial charge is 0.293 e. The normalized spacial score (nSPS) is 11.5. The van der Waals surface area contributed by atoms with E-state index < -0.39 is 0 Å². The first-order valence-electron chi connectivity index (χ1n) is 5.05. The number of hydrogen-bond acceptors (Lipinski definition) is 2. The molecule has 1 nitrogen and oxygen atoms in total. The molecule has 0 fully saturated rings. The van der Waals surface area contributed by atoms with Crippen molar-refractivity contribution in [3.63, 3.8) is 0 Å². The van der Waals surface area contributed by atoms with Gasteiger partial charge in [-0.3, -0.25) is 4.79 Å². The van der Waals surface area contributed by atoms with Crippen molar-refractivity contribution in [3.05, 3.63) is 34.9 Å². The molecule has 0 aliphatic rings. The van der Waals surface area contributed by atoms with E-state index in [-0.39, 0.29) is 10.5 Å². The van der Waals surface area contributed by atoms with E-state index in [0.717, 1.165) is 16.7 Å². The van der Waals surface area contributed by atoms with E-state index in [1.54, 1.807) is 11.8 Å². The average Bonchev–Trinajstić information content (AvgIpc) is 2.20. The van der Waals surface area contributed by atoms with Crippen LogP contribution in [0.15, 0.2) is 18.2 Å². The molecule has 0 aromatic heterocycles. The summed E-state index contributed by atoms with van der Waals surface area (Å²) < 4.78 is -0.335. The number of rotatable bonds is 3. The average molecular weight is 222 g/mol. The van der Waals surface area contributed by atoms with Gasteiger partial charge in [0.1, 0.15) is 0 Å². The molecule has 0 bridgehead atoms. The van der Waals surface area contributed by atoms with Crippen LogP contribution < -0.4 is 0 Å². The van der Waals surface area contributed by atoms with Crippen molar-refractivity contribution < 1.29 is 4.79 Å². The minimum Gasteiger partial charge on any atom is -0.293 e. The van der Waals surface area contributed by atoms with E-state index >= 15 is 0 Å². The summed E-state index contributed by atoms with van der Waals surface area (Å²) in [5.41, 5.74) is 3.06. The lowest BCUT2D eigenvalue weighted by atomic mass is 9.95. The first-order chi connectivity index (χ1) is 6.88. The summed E-state index contributed by atoms with van der Waals surface area (Å²) in [5, 5.41) is 0.